The maximum atomic E-state index is 12.4. The van der Waals surface area contributed by atoms with Crippen LogP contribution in [0.15, 0.2) is 66.7 Å². The van der Waals surface area contributed by atoms with Crippen LogP contribution in [0.1, 0.15) is 28.4 Å². The maximum absolute atomic E-state index is 12.4. The van der Waals surface area contributed by atoms with Gasteiger partial charge in [-0.3, -0.25) is 9.69 Å². The van der Waals surface area contributed by atoms with E-state index < -0.39 is 5.97 Å². The second kappa shape index (κ2) is 9.90. The first-order valence-electron chi connectivity index (χ1n) is 8.12. The zero-order valence-corrected chi connectivity index (χ0v) is 16.1. The highest BCUT2D eigenvalue weighted by Crippen LogP contribution is 2.14. The van der Waals surface area contributed by atoms with Gasteiger partial charge in [-0.15, -0.1) is 12.4 Å². The molecule has 0 saturated heterocycles. The van der Waals surface area contributed by atoms with Gasteiger partial charge in [0.05, 0.1) is 0 Å². The number of esters is 1. The summed E-state index contributed by atoms with van der Waals surface area (Å²) >= 11 is 0. The van der Waals surface area contributed by atoms with Crippen LogP contribution >= 0.6 is 12.4 Å². The van der Waals surface area contributed by atoms with Gasteiger partial charge in [0.15, 0.2) is 12.0 Å². The fourth-order valence-electron chi connectivity index (χ4n) is 2.19. The lowest BCUT2D eigenvalue weighted by molar-refractivity contribution is -0.150. The summed E-state index contributed by atoms with van der Waals surface area (Å²) in [7, 11) is 3.67. The molecule has 0 spiro atoms. The van der Waals surface area contributed by atoms with E-state index in [-0.39, 0.29) is 24.4 Å². The molecule has 1 unspecified atom stereocenters. The van der Waals surface area contributed by atoms with E-state index in [4.69, 9.17) is 4.74 Å². The Morgan fingerprint density at radius 2 is 1.54 bits per heavy atom. The molecule has 0 aliphatic carbocycles. The number of benzene rings is 2. The highest BCUT2D eigenvalue weighted by atomic mass is 35.5. The molecular formula is C21H24ClNO3. The number of ketones is 1. The van der Waals surface area contributed by atoms with Crippen LogP contribution < -0.4 is 0 Å². The monoisotopic (exact) mass is 373 g/mol. The van der Waals surface area contributed by atoms with Crippen molar-refractivity contribution in [2.45, 2.75) is 19.6 Å². The van der Waals surface area contributed by atoms with Gasteiger partial charge in [-0.25, -0.2) is 4.79 Å². The minimum Gasteiger partial charge on any atom is -0.443 e. The number of rotatable bonds is 7. The molecule has 0 aliphatic rings. The molecule has 2 aromatic carbocycles. The third-order valence-electron chi connectivity index (χ3n) is 3.96. The molecule has 0 aliphatic heterocycles. The molecule has 0 amide bonds. The van der Waals surface area contributed by atoms with Gasteiger partial charge < -0.3 is 4.74 Å². The van der Waals surface area contributed by atoms with Gasteiger partial charge in [0, 0.05) is 23.1 Å². The van der Waals surface area contributed by atoms with Crippen molar-refractivity contribution in [3.05, 3.63) is 83.4 Å². The van der Waals surface area contributed by atoms with E-state index in [1.165, 1.54) is 0 Å². The summed E-state index contributed by atoms with van der Waals surface area (Å²) < 4.78 is 5.30. The molecule has 0 saturated carbocycles. The number of hydrogen-bond donors (Lipinski definition) is 0. The number of nitrogens with zero attached hydrogens (tertiary/aromatic N) is 1. The molecule has 138 valence electrons. The highest BCUT2D eigenvalue weighted by Gasteiger charge is 2.15. The molecule has 0 heterocycles. The lowest BCUT2D eigenvalue weighted by Gasteiger charge is -2.20. The summed E-state index contributed by atoms with van der Waals surface area (Å²) in [4.78, 5) is 26.2. The lowest BCUT2D eigenvalue weighted by atomic mass is 10.00. The van der Waals surface area contributed by atoms with Crippen LogP contribution in [-0.2, 0) is 16.0 Å². The van der Waals surface area contributed by atoms with Crippen LogP contribution in [0.25, 0.3) is 0 Å². The summed E-state index contributed by atoms with van der Waals surface area (Å²) in [5, 5.41) is 0. The first kappa shape index (κ1) is 21.6. The van der Waals surface area contributed by atoms with Crippen molar-refractivity contribution in [1.29, 1.82) is 0 Å². The lowest BCUT2D eigenvalue weighted by Crippen LogP contribution is -2.30. The molecule has 0 fully saturated rings. The van der Waals surface area contributed by atoms with Crippen LogP contribution in [0.2, 0.25) is 0 Å². The number of halogens is 1. The Labute approximate surface area is 160 Å². The van der Waals surface area contributed by atoms with E-state index in [1.54, 1.807) is 36.1 Å². The van der Waals surface area contributed by atoms with Crippen LogP contribution in [0.3, 0.4) is 0 Å². The molecular weight excluding hydrogens is 350 g/mol. The second-order valence-corrected chi connectivity index (χ2v) is 6.14. The van der Waals surface area contributed by atoms with Crippen molar-refractivity contribution in [3.8, 4) is 0 Å². The number of carbonyl (C=O) groups excluding carboxylic acids is 2. The van der Waals surface area contributed by atoms with Crippen molar-refractivity contribution in [2.75, 3.05) is 14.1 Å². The molecule has 0 bridgehead atoms. The Morgan fingerprint density at radius 1 is 1.00 bits per heavy atom. The smallest absolute Gasteiger partial charge is 0.335 e. The van der Waals surface area contributed by atoms with E-state index in [2.05, 4.69) is 6.58 Å². The largest absolute Gasteiger partial charge is 0.443 e. The minimum absolute atomic E-state index is 0. The number of ether oxygens (including phenoxy) is 1. The third kappa shape index (κ3) is 5.83. The van der Waals surface area contributed by atoms with Crippen LogP contribution in [0, 0.1) is 0 Å². The van der Waals surface area contributed by atoms with E-state index in [0.717, 1.165) is 5.56 Å². The van der Waals surface area contributed by atoms with Gasteiger partial charge in [0.2, 0.25) is 0 Å². The average molecular weight is 374 g/mol. The van der Waals surface area contributed by atoms with Gasteiger partial charge in [-0.1, -0.05) is 61.2 Å². The highest BCUT2D eigenvalue weighted by molar-refractivity contribution is 6.08. The Kier molecular flexibility index (Phi) is 8.23. The maximum Gasteiger partial charge on any atom is 0.335 e. The van der Waals surface area contributed by atoms with Crippen molar-refractivity contribution >= 4 is 24.2 Å². The summed E-state index contributed by atoms with van der Waals surface area (Å²) in [5.41, 5.74) is 2.56. The van der Waals surface area contributed by atoms with Gasteiger partial charge in [0.1, 0.15) is 0 Å². The van der Waals surface area contributed by atoms with Crippen molar-refractivity contribution in [2.24, 2.45) is 0 Å². The fourth-order valence-corrected chi connectivity index (χ4v) is 2.19. The Morgan fingerprint density at radius 3 is 2.08 bits per heavy atom. The SMILES string of the molecule is C=C(Cc1ccc(C(=O)c2ccccc2)cc1)C(=O)OC(C)N(C)C.Cl. The quantitative estimate of drug-likeness (QED) is 0.320. The molecule has 0 aromatic heterocycles. The Balaban J connectivity index is 0.00000338. The summed E-state index contributed by atoms with van der Waals surface area (Å²) in [5.74, 6) is -0.434. The van der Waals surface area contributed by atoms with Crippen LogP contribution in [-0.4, -0.2) is 37.0 Å². The predicted molar refractivity (Wildman–Crippen MR) is 106 cm³/mol. The van der Waals surface area contributed by atoms with Gasteiger partial charge in [-0.2, -0.15) is 0 Å². The summed E-state index contributed by atoms with van der Waals surface area (Å²) in [6.07, 6.45) is 0.0776. The van der Waals surface area contributed by atoms with E-state index in [9.17, 15) is 9.59 Å². The van der Waals surface area contributed by atoms with E-state index in [0.29, 0.717) is 23.1 Å². The molecule has 0 N–H and O–H groups in total. The van der Waals surface area contributed by atoms with Crippen molar-refractivity contribution in [3.63, 3.8) is 0 Å². The number of carbonyl (C=O) groups is 2. The molecule has 2 rings (SSSR count). The van der Waals surface area contributed by atoms with Crippen LogP contribution in [0.5, 0.6) is 0 Å². The first-order chi connectivity index (χ1) is 11.9. The van der Waals surface area contributed by atoms with Crippen molar-refractivity contribution in [1.82, 2.24) is 4.90 Å². The molecule has 2 aromatic rings. The molecule has 1 atom stereocenters. The second-order valence-electron chi connectivity index (χ2n) is 6.14. The average Bonchev–Trinajstić information content (AvgIpc) is 2.62. The Hall–Kier alpha value is -2.43. The van der Waals surface area contributed by atoms with Gasteiger partial charge in [-0.05, 0) is 26.6 Å². The Bertz CT molecular complexity index is 755. The molecule has 26 heavy (non-hydrogen) atoms. The normalized spacial score (nSPS) is 11.4. The third-order valence-corrected chi connectivity index (χ3v) is 3.96. The fraction of sp³-hybridized carbons (Fsp3) is 0.238. The predicted octanol–water partition coefficient (Wildman–Crippen LogP) is 3.89. The van der Waals surface area contributed by atoms with Crippen molar-refractivity contribution < 1.29 is 14.3 Å². The molecule has 0 radical (unpaired) electrons. The zero-order valence-electron chi connectivity index (χ0n) is 15.3. The van der Waals surface area contributed by atoms with E-state index in [1.807, 2.05) is 44.4 Å². The minimum atomic E-state index is -0.411. The number of hydrogen-bond acceptors (Lipinski definition) is 4. The standard InChI is InChI=1S/C21H23NO3.ClH/c1-15(21(24)25-16(2)22(3)4)14-17-10-12-19(13-11-17)20(23)18-8-6-5-7-9-18;/h5-13,16H,1,14H2,2-4H3;1H. The first-order valence-corrected chi connectivity index (χ1v) is 8.12. The molecule has 5 heteroatoms. The van der Waals surface area contributed by atoms with Crippen LogP contribution in [0.4, 0.5) is 0 Å². The summed E-state index contributed by atoms with van der Waals surface area (Å²) in [6.45, 7) is 5.61. The zero-order chi connectivity index (χ0) is 18.4. The van der Waals surface area contributed by atoms with Gasteiger partial charge >= 0.3 is 5.97 Å². The van der Waals surface area contributed by atoms with E-state index >= 15 is 0 Å². The summed E-state index contributed by atoms with van der Waals surface area (Å²) in [6, 6.07) is 16.4. The van der Waals surface area contributed by atoms with Gasteiger partial charge in [0.25, 0.3) is 0 Å². The molecule has 4 nitrogen and oxygen atoms in total. The topological polar surface area (TPSA) is 46.6 Å².